The molecule has 0 radical (unpaired) electrons. The van der Waals surface area contributed by atoms with Gasteiger partial charge >= 0.3 is 0 Å². The number of aliphatic hydroxyl groups excluding tert-OH is 1. The van der Waals surface area contributed by atoms with Gasteiger partial charge in [-0.25, -0.2) is 0 Å². The zero-order valence-corrected chi connectivity index (χ0v) is 9.99. The van der Waals surface area contributed by atoms with Gasteiger partial charge in [0.1, 0.15) is 0 Å². The third-order valence-corrected chi connectivity index (χ3v) is 4.83. The minimum absolute atomic E-state index is 0.000802. The molecule has 1 aliphatic rings. The van der Waals surface area contributed by atoms with Gasteiger partial charge in [-0.15, -0.1) is 11.6 Å². The lowest BCUT2D eigenvalue weighted by Crippen LogP contribution is -1.92. The average molecular weight is 306 g/mol. The second kappa shape index (κ2) is 3.95. The third kappa shape index (κ3) is 2.11. The first-order valence-electron chi connectivity index (χ1n) is 3.69. The van der Waals surface area contributed by atoms with Crippen LogP contribution >= 0.6 is 43.5 Å². The van der Waals surface area contributed by atoms with Crippen LogP contribution in [-0.4, -0.2) is 20.8 Å². The van der Waals surface area contributed by atoms with Crippen LogP contribution < -0.4 is 0 Å². The molecule has 0 aliphatic heterocycles. The van der Waals surface area contributed by atoms with E-state index in [2.05, 4.69) is 31.9 Å². The lowest BCUT2D eigenvalue weighted by molar-refractivity contribution is 0.267. The zero-order valence-electron chi connectivity index (χ0n) is 6.06. The van der Waals surface area contributed by atoms with Crippen molar-refractivity contribution < 1.29 is 5.11 Å². The smallest absolute Gasteiger partial charge is 0.0891 e. The Bertz CT molecular complexity index is 140. The van der Waals surface area contributed by atoms with Crippen LogP contribution in [0, 0.1) is 11.8 Å². The van der Waals surface area contributed by atoms with Crippen LogP contribution in [0.25, 0.3) is 0 Å². The molecule has 66 valence electrons. The molecule has 1 aliphatic carbocycles. The monoisotopic (exact) mass is 304 g/mol. The van der Waals surface area contributed by atoms with Crippen LogP contribution in [0.4, 0.5) is 0 Å². The Morgan fingerprint density at radius 3 is 2.36 bits per heavy atom. The molecule has 11 heavy (non-hydrogen) atoms. The summed E-state index contributed by atoms with van der Waals surface area (Å²) in [4.78, 5) is 0. The Morgan fingerprint density at radius 2 is 2.00 bits per heavy atom. The molecular weight excluding hydrogens is 295 g/mol. The van der Waals surface area contributed by atoms with Gasteiger partial charge in [0, 0.05) is 18.4 Å². The number of rotatable bonds is 4. The summed E-state index contributed by atoms with van der Waals surface area (Å²) in [6.45, 7) is 0.253. The van der Waals surface area contributed by atoms with Gasteiger partial charge in [0.05, 0.1) is 3.23 Å². The van der Waals surface area contributed by atoms with E-state index in [0.29, 0.717) is 17.7 Å². The summed E-state index contributed by atoms with van der Waals surface area (Å²) in [6, 6.07) is 0. The molecule has 4 heteroatoms. The molecule has 0 amide bonds. The van der Waals surface area contributed by atoms with Crippen LogP contribution in [0.2, 0.25) is 0 Å². The Balaban J connectivity index is 2.28. The van der Waals surface area contributed by atoms with E-state index in [-0.39, 0.29) is 9.84 Å². The van der Waals surface area contributed by atoms with Crippen LogP contribution in [0.3, 0.4) is 0 Å². The highest BCUT2D eigenvalue weighted by Gasteiger charge is 2.60. The van der Waals surface area contributed by atoms with Crippen LogP contribution in [0.1, 0.15) is 12.8 Å². The maximum Gasteiger partial charge on any atom is 0.0891 e. The minimum Gasteiger partial charge on any atom is -0.396 e. The van der Waals surface area contributed by atoms with Crippen molar-refractivity contribution in [3.8, 4) is 0 Å². The fourth-order valence-electron chi connectivity index (χ4n) is 1.40. The maximum absolute atomic E-state index is 8.92. The van der Waals surface area contributed by atoms with Gasteiger partial charge < -0.3 is 5.11 Å². The van der Waals surface area contributed by atoms with E-state index >= 15 is 0 Å². The average Bonchev–Trinajstić information content (AvgIpc) is 2.48. The molecule has 0 heterocycles. The molecule has 0 aromatic rings. The second-order valence-corrected chi connectivity index (χ2v) is 6.97. The van der Waals surface area contributed by atoms with Gasteiger partial charge in [-0.2, -0.15) is 0 Å². The summed E-state index contributed by atoms with van der Waals surface area (Å²) in [7, 11) is 0. The number of aliphatic hydroxyl groups is 1. The van der Waals surface area contributed by atoms with E-state index in [1.165, 1.54) is 0 Å². The quantitative estimate of drug-likeness (QED) is 0.792. The molecular formula is C7H11Br2ClO. The van der Waals surface area contributed by atoms with Gasteiger partial charge in [-0.3, -0.25) is 0 Å². The molecule has 2 atom stereocenters. The molecule has 0 unspecified atom stereocenters. The fraction of sp³-hybridized carbons (Fsp3) is 1.00. The summed E-state index contributed by atoms with van der Waals surface area (Å²) in [6.07, 6.45) is 2.12. The topological polar surface area (TPSA) is 20.2 Å². The summed E-state index contributed by atoms with van der Waals surface area (Å²) >= 11 is 12.6. The summed E-state index contributed by atoms with van der Waals surface area (Å²) in [5.74, 6) is 1.63. The van der Waals surface area contributed by atoms with E-state index in [1.807, 2.05) is 0 Å². The molecule has 1 rings (SSSR count). The zero-order chi connectivity index (χ0) is 8.48. The molecule has 1 N–H and O–H groups in total. The van der Waals surface area contributed by atoms with E-state index in [1.54, 1.807) is 0 Å². The van der Waals surface area contributed by atoms with Gasteiger partial charge in [-0.1, -0.05) is 31.9 Å². The van der Waals surface area contributed by atoms with Crippen molar-refractivity contribution in [2.24, 2.45) is 11.8 Å². The molecule has 0 bridgehead atoms. The van der Waals surface area contributed by atoms with Crippen molar-refractivity contribution in [2.45, 2.75) is 16.1 Å². The van der Waals surface area contributed by atoms with E-state index in [4.69, 9.17) is 16.7 Å². The highest BCUT2D eigenvalue weighted by atomic mass is 79.9. The maximum atomic E-state index is 8.92. The Kier molecular flexibility index (Phi) is 3.69. The Hall–Kier alpha value is 1.21. The molecule has 0 aromatic carbocycles. The lowest BCUT2D eigenvalue weighted by atomic mass is 10.2. The van der Waals surface area contributed by atoms with Crippen LogP contribution in [0.15, 0.2) is 0 Å². The lowest BCUT2D eigenvalue weighted by Gasteiger charge is -1.95. The van der Waals surface area contributed by atoms with Crippen LogP contribution in [-0.2, 0) is 0 Å². The fourth-order valence-corrected chi connectivity index (χ4v) is 3.31. The summed E-state index contributed by atoms with van der Waals surface area (Å²) in [5, 5.41) is 8.92. The Morgan fingerprint density at radius 1 is 1.36 bits per heavy atom. The number of hydrogen-bond acceptors (Lipinski definition) is 1. The van der Waals surface area contributed by atoms with E-state index in [0.717, 1.165) is 12.8 Å². The molecule has 1 nitrogen and oxygen atoms in total. The first-order chi connectivity index (χ1) is 5.14. The SMILES string of the molecule is OC[C@@H]1[C@H](CCCCl)C1(Br)Br. The van der Waals surface area contributed by atoms with Crippen LogP contribution in [0.5, 0.6) is 0 Å². The molecule has 0 spiro atoms. The number of halogens is 3. The first kappa shape index (κ1) is 10.3. The second-order valence-electron chi connectivity index (χ2n) is 2.90. The van der Waals surface area contributed by atoms with Crippen molar-refractivity contribution in [1.29, 1.82) is 0 Å². The minimum atomic E-state index is 0.000802. The van der Waals surface area contributed by atoms with Gasteiger partial charge in [0.25, 0.3) is 0 Å². The standard InChI is InChI=1S/C7H11Br2ClO/c8-7(9)5(2-1-3-10)6(7)4-11/h5-6,11H,1-4H2/t5-,6+/m0/s1. The van der Waals surface area contributed by atoms with Crippen molar-refractivity contribution in [3.63, 3.8) is 0 Å². The number of hydrogen-bond donors (Lipinski definition) is 1. The normalized spacial score (nSPS) is 33.8. The van der Waals surface area contributed by atoms with E-state index < -0.39 is 0 Å². The van der Waals surface area contributed by atoms with E-state index in [9.17, 15) is 0 Å². The highest BCUT2D eigenvalue weighted by molar-refractivity contribution is 9.25. The highest BCUT2D eigenvalue weighted by Crippen LogP contribution is 2.63. The third-order valence-electron chi connectivity index (χ3n) is 2.21. The van der Waals surface area contributed by atoms with Gasteiger partial charge in [0.2, 0.25) is 0 Å². The van der Waals surface area contributed by atoms with Crippen molar-refractivity contribution >= 4 is 43.5 Å². The molecule has 0 saturated heterocycles. The van der Waals surface area contributed by atoms with Gasteiger partial charge in [0.15, 0.2) is 0 Å². The van der Waals surface area contributed by atoms with Crippen molar-refractivity contribution in [1.82, 2.24) is 0 Å². The largest absolute Gasteiger partial charge is 0.396 e. The molecule has 1 saturated carbocycles. The Labute approximate surface area is 88.8 Å². The van der Waals surface area contributed by atoms with Gasteiger partial charge in [-0.05, 0) is 18.8 Å². The number of alkyl halides is 3. The summed E-state index contributed by atoms with van der Waals surface area (Å²) < 4.78 is 0.000802. The predicted octanol–water partition coefficient (Wildman–Crippen LogP) is 2.73. The van der Waals surface area contributed by atoms with Crippen molar-refractivity contribution in [2.75, 3.05) is 12.5 Å². The summed E-state index contributed by atoms with van der Waals surface area (Å²) in [5.41, 5.74) is 0. The predicted molar refractivity (Wildman–Crippen MR) is 54.6 cm³/mol. The first-order valence-corrected chi connectivity index (χ1v) is 5.81. The molecule has 0 aromatic heterocycles. The van der Waals surface area contributed by atoms with Crippen molar-refractivity contribution in [3.05, 3.63) is 0 Å². The molecule has 1 fully saturated rings.